The van der Waals surface area contributed by atoms with E-state index in [1.165, 1.54) is 0 Å². The van der Waals surface area contributed by atoms with E-state index in [0.29, 0.717) is 34.5 Å². The first-order valence-electron chi connectivity index (χ1n) is 13.9. The van der Waals surface area contributed by atoms with Crippen molar-refractivity contribution in [3.8, 4) is 0 Å². The Bertz CT molecular complexity index is 1590. The Labute approximate surface area is 241 Å². The van der Waals surface area contributed by atoms with E-state index in [9.17, 15) is 9.00 Å². The predicted octanol–water partition coefficient (Wildman–Crippen LogP) is 5.98. The van der Waals surface area contributed by atoms with Crippen molar-refractivity contribution in [2.45, 2.75) is 64.1 Å². The van der Waals surface area contributed by atoms with Crippen LogP contribution in [0, 0.1) is 17.3 Å². The molecule has 1 saturated heterocycles. The molecule has 2 heterocycles. The standard InChI is InChI=1S/C30H36BClN2O5S/c1-29(2)20-14-25(29)30(3)26(15-20)38-31(39-30)27(12-19-17-37-24-9-7-6-8-22(19)24)33-28(35)13-18-10-11-21(16-23(18)32)34-40(4,5)36/h6-11,16-17,20,25-27H,12-15H2,1-5H3,(H,33,35)/t20-,25-,26+,27-,30-/m0/s1. The molecule has 1 amide bonds. The van der Waals surface area contributed by atoms with Gasteiger partial charge in [0, 0.05) is 32.6 Å². The Hall–Kier alpha value is -2.33. The number of carbonyl (C=O) groups excluding carboxylic acids is 1. The molecule has 5 atom stereocenters. The summed E-state index contributed by atoms with van der Waals surface area (Å²) in [5.41, 5.74) is 2.83. The fourth-order valence-corrected chi connectivity index (χ4v) is 8.00. The highest BCUT2D eigenvalue weighted by atomic mass is 35.5. The van der Waals surface area contributed by atoms with Crippen LogP contribution in [0.4, 0.5) is 5.69 Å². The molecule has 0 radical (unpaired) electrons. The number of nitrogens with zero attached hydrogens (tertiary/aromatic N) is 1. The van der Waals surface area contributed by atoms with Gasteiger partial charge in [-0.1, -0.05) is 49.7 Å². The van der Waals surface area contributed by atoms with Crippen LogP contribution in [0.2, 0.25) is 5.02 Å². The van der Waals surface area contributed by atoms with Gasteiger partial charge in [-0.05, 0) is 72.8 Å². The minimum atomic E-state index is -2.32. The minimum Gasteiger partial charge on any atom is -0.464 e. The van der Waals surface area contributed by atoms with Crippen LogP contribution in [0.25, 0.3) is 11.0 Å². The molecule has 7 nitrogen and oxygen atoms in total. The van der Waals surface area contributed by atoms with Crippen molar-refractivity contribution in [3.63, 3.8) is 0 Å². The third kappa shape index (κ3) is 4.99. The molecule has 0 unspecified atom stereocenters. The summed E-state index contributed by atoms with van der Waals surface area (Å²) < 4.78 is 35.4. The van der Waals surface area contributed by atoms with E-state index in [2.05, 4.69) is 30.5 Å². The Morgan fingerprint density at radius 1 is 1.18 bits per heavy atom. The molecule has 3 aromatic rings. The number of para-hydroxylation sites is 1. The quantitative estimate of drug-likeness (QED) is 0.346. The van der Waals surface area contributed by atoms with Crippen molar-refractivity contribution in [2.24, 2.45) is 21.6 Å². The third-order valence-corrected chi connectivity index (χ3v) is 10.4. The number of hydrogen-bond acceptors (Lipinski definition) is 6. The van der Waals surface area contributed by atoms with Crippen LogP contribution >= 0.6 is 11.6 Å². The van der Waals surface area contributed by atoms with Gasteiger partial charge in [0.05, 0.1) is 36.0 Å². The second kappa shape index (κ2) is 9.90. The smallest absolute Gasteiger partial charge is 0.464 e. The molecular formula is C30H36BClN2O5S. The molecule has 3 aliphatic carbocycles. The SMILES string of the molecule is CC1(C)[C@@H]2C[C@H]3OB([C@H](Cc4coc5ccccc45)NC(=O)Cc4ccc(N=S(C)(C)=O)cc4Cl)O[C@@]3(C)[C@H]1C2. The molecule has 0 spiro atoms. The van der Waals surface area contributed by atoms with Gasteiger partial charge in [0.2, 0.25) is 5.91 Å². The average molecular weight is 583 g/mol. The van der Waals surface area contributed by atoms with Crippen molar-refractivity contribution < 1.29 is 22.7 Å². The monoisotopic (exact) mass is 582 g/mol. The molecule has 7 rings (SSSR count). The van der Waals surface area contributed by atoms with Gasteiger partial charge in [-0.3, -0.25) is 4.79 Å². The highest BCUT2D eigenvalue weighted by molar-refractivity contribution is 7.92. The number of carbonyl (C=O) groups is 1. The zero-order valence-corrected chi connectivity index (χ0v) is 25.2. The van der Waals surface area contributed by atoms with Crippen LogP contribution < -0.4 is 5.32 Å². The van der Waals surface area contributed by atoms with Crippen molar-refractivity contribution in [1.29, 1.82) is 0 Å². The van der Waals surface area contributed by atoms with Gasteiger partial charge in [0.25, 0.3) is 0 Å². The van der Waals surface area contributed by atoms with E-state index < -0.39 is 22.8 Å². The van der Waals surface area contributed by atoms with Crippen molar-refractivity contribution in [2.75, 3.05) is 12.5 Å². The molecule has 1 N–H and O–H groups in total. The number of hydrogen-bond donors (Lipinski definition) is 1. The number of fused-ring (bicyclic) bond motifs is 1. The highest BCUT2D eigenvalue weighted by Crippen LogP contribution is 2.65. The van der Waals surface area contributed by atoms with Crippen molar-refractivity contribution in [1.82, 2.24) is 5.32 Å². The number of benzene rings is 2. The number of halogens is 1. The molecule has 40 heavy (non-hydrogen) atoms. The Kier molecular flexibility index (Phi) is 6.88. The van der Waals surface area contributed by atoms with Gasteiger partial charge in [0.15, 0.2) is 0 Å². The fourth-order valence-electron chi connectivity index (χ4n) is 7.14. The zero-order valence-electron chi connectivity index (χ0n) is 23.6. The molecule has 1 aromatic heterocycles. The summed E-state index contributed by atoms with van der Waals surface area (Å²) in [6.07, 6.45) is 7.62. The van der Waals surface area contributed by atoms with Gasteiger partial charge in [-0.2, -0.15) is 4.36 Å². The van der Waals surface area contributed by atoms with Crippen LogP contribution in [0.5, 0.6) is 0 Å². The molecule has 10 heteroatoms. The summed E-state index contributed by atoms with van der Waals surface area (Å²) in [5, 5.41) is 4.63. The van der Waals surface area contributed by atoms with E-state index >= 15 is 0 Å². The van der Waals surface area contributed by atoms with E-state index in [4.69, 9.17) is 25.3 Å². The van der Waals surface area contributed by atoms with Gasteiger partial charge in [0.1, 0.15) is 5.58 Å². The lowest BCUT2D eigenvalue weighted by Crippen LogP contribution is -2.65. The molecule has 3 saturated carbocycles. The average Bonchev–Trinajstić information content (AvgIpc) is 3.44. The molecule has 4 fully saturated rings. The first-order chi connectivity index (χ1) is 18.8. The number of nitrogens with one attached hydrogen (secondary N) is 1. The Morgan fingerprint density at radius 2 is 1.95 bits per heavy atom. The van der Waals surface area contributed by atoms with Gasteiger partial charge < -0.3 is 19.0 Å². The van der Waals surface area contributed by atoms with Crippen LogP contribution in [-0.2, 0) is 36.7 Å². The van der Waals surface area contributed by atoms with Gasteiger partial charge >= 0.3 is 7.12 Å². The lowest BCUT2D eigenvalue weighted by Gasteiger charge is -2.64. The maximum absolute atomic E-state index is 13.4. The number of amides is 1. The number of rotatable bonds is 7. The van der Waals surface area contributed by atoms with Crippen LogP contribution in [0.3, 0.4) is 0 Å². The Morgan fingerprint density at radius 3 is 2.67 bits per heavy atom. The molecule has 2 bridgehead atoms. The van der Waals surface area contributed by atoms with Crippen molar-refractivity contribution >= 4 is 51.0 Å². The molecule has 2 aromatic carbocycles. The summed E-state index contributed by atoms with van der Waals surface area (Å²) >= 11 is 6.50. The lowest BCUT2D eigenvalue weighted by molar-refractivity contribution is -0.199. The summed E-state index contributed by atoms with van der Waals surface area (Å²) in [6.45, 7) is 6.86. The maximum Gasteiger partial charge on any atom is 0.482 e. The summed E-state index contributed by atoms with van der Waals surface area (Å²) in [6, 6.07) is 13.0. The minimum absolute atomic E-state index is 0.00732. The van der Waals surface area contributed by atoms with E-state index in [1.807, 2.05) is 24.3 Å². The van der Waals surface area contributed by atoms with Gasteiger partial charge in [-0.25, -0.2) is 4.21 Å². The molecule has 1 aliphatic heterocycles. The summed E-state index contributed by atoms with van der Waals surface area (Å²) in [7, 11) is -2.90. The Balaban J connectivity index is 1.24. The van der Waals surface area contributed by atoms with E-state index in [1.54, 1.807) is 37.0 Å². The first-order valence-corrected chi connectivity index (χ1v) is 16.6. The van der Waals surface area contributed by atoms with E-state index in [0.717, 1.165) is 29.4 Å². The number of furan rings is 1. The third-order valence-electron chi connectivity index (χ3n) is 9.36. The normalized spacial score (nSPS) is 27.6. The second-order valence-corrected chi connectivity index (χ2v) is 15.6. The zero-order chi connectivity index (χ0) is 28.4. The fraction of sp³-hybridized carbons (Fsp3) is 0.500. The molecule has 212 valence electrons. The molecular weight excluding hydrogens is 547 g/mol. The summed E-state index contributed by atoms with van der Waals surface area (Å²) in [4.78, 5) is 13.4. The highest BCUT2D eigenvalue weighted by Gasteiger charge is 2.68. The molecule has 4 aliphatic rings. The van der Waals surface area contributed by atoms with Crippen LogP contribution in [0.15, 0.2) is 57.5 Å². The van der Waals surface area contributed by atoms with Crippen LogP contribution in [-0.4, -0.2) is 47.4 Å². The lowest BCUT2D eigenvalue weighted by atomic mass is 9.43. The second-order valence-electron chi connectivity index (χ2n) is 12.7. The van der Waals surface area contributed by atoms with Crippen molar-refractivity contribution in [3.05, 3.63) is 64.9 Å². The van der Waals surface area contributed by atoms with Crippen LogP contribution in [0.1, 0.15) is 44.7 Å². The van der Waals surface area contributed by atoms with E-state index in [-0.39, 0.29) is 29.4 Å². The predicted molar refractivity (Wildman–Crippen MR) is 159 cm³/mol. The largest absolute Gasteiger partial charge is 0.482 e. The first kappa shape index (κ1) is 27.8. The van der Waals surface area contributed by atoms with Gasteiger partial charge in [-0.15, -0.1) is 0 Å². The summed E-state index contributed by atoms with van der Waals surface area (Å²) in [5.74, 6) is 0.447. The topological polar surface area (TPSA) is 90.1 Å². The maximum atomic E-state index is 13.4.